The summed E-state index contributed by atoms with van der Waals surface area (Å²) in [4.78, 5) is 27.8. The van der Waals surface area contributed by atoms with Crippen LogP contribution in [0.4, 0.5) is 0 Å². The number of ketones is 1. The lowest BCUT2D eigenvalue weighted by Gasteiger charge is -2.13. The Morgan fingerprint density at radius 1 is 1.15 bits per heavy atom. The van der Waals surface area contributed by atoms with E-state index in [1.165, 1.54) is 6.92 Å². The number of aliphatic hydroxyl groups is 1. The van der Waals surface area contributed by atoms with E-state index in [1.807, 2.05) is 6.92 Å². The van der Waals surface area contributed by atoms with E-state index >= 15 is 0 Å². The van der Waals surface area contributed by atoms with Gasteiger partial charge in [-0.25, -0.2) is 4.79 Å². The number of aryl methyl sites for hydroxylation is 1. The van der Waals surface area contributed by atoms with E-state index in [0.29, 0.717) is 34.7 Å². The number of Topliss-reactive ketones (excluding diaryl/α,β-unsaturated/α-hetero) is 1. The monoisotopic (exact) mass is 359 g/mol. The van der Waals surface area contributed by atoms with Crippen molar-refractivity contribution in [3.8, 4) is 5.75 Å². The highest BCUT2D eigenvalue weighted by Gasteiger charge is 2.25. The van der Waals surface area contributed by atoms with Gasteiger partial charge in [0.25, 0.3) is 0 Å². The zero-order valence-electron chi connectivity index (χ0n) is 15.8. The van der Waals surface area contributed by atoms with Crippen LogP contribution in [-0.2, 0) is 4.74 Å². The minimum Gasteiger partial charge on any atom is -0.494 e. The smallest absolute Gasteiger partial charge is 0.355 e. The number of nitrogens with one attached hydrogen (secondary N) is 1. The average molecular weight is 359 g/mol. The van der Waals surface area contributed by atoms with Crippen LogP contribution in [0.1, 0.15) is 64.5 Å². The molecule has 6 heteroatoms. The van der Waals surface area contributed by atoms with Gasteiger partial charge in [-0.05, 0) is 64.4 Å². The van der Waals surface area contributed by atoms with Crippen LogP contribution in [0.3, 0.4) is 0 Å². The number of aromatic amines is 1. The fourth-order valence-corrected chi connectivity index (χ4v) is 2.99. The van der Waals surface area contributed by atoms with Crippen LogP contribution in [0.5, 0.6) is 5.75 Å². The van der Waals surface area contributed by atoms with Gasteiger partial charge in [0, 0.05) is 16.8 Å². The minimum atomic E-state index is -0.932. The van der Waals surface area contributed by atoms with Crippen LogP contribution in [0.25, 0.3) is 0 Å². The van der Waals surface area contributed by atoms with Gasteiger partial charge in [0.1, 0.15) is 11.4 Å². The third-order valence-corrected chi connectivity index (χ3v) is 4.22. The number of hydrogen-bond donors (Lipinski definition) is 2. The number of hydrogen-bond acceptors (Lipinski definition) is 5. The highest BCUT2D eigenvalue weighted by atomic mass is 16.5. The van der Waals surface area contributed by atoms with Gasteiger partial charge in [-0.1, -0.05) is 0 Å². The summed E-state index contributed by atoms with van der Waals surface area (Å²) >= 11 is 0. The quantitative estimate of drug-likeness (QED) is 0.583. The molecule has 2 N–H and O–H groups in total. The number of rotatable bonds is 7. The van der Waals surface area contributed by atoms with Crippen LogP contribution >= 0.6 is 0 Å². The topological polar surface area (TPSA) is 88.6 Å². The van der Waals surface area contributed by atoms with Crippen molar-refractivity contribution in [1.29, 1.82) is 0 Å². The molecule has 0 saturated heterocycles. The van der Waals surface area contributed by atoms with E-state index in [1.54, 1.807) is 45.0 Å². The van der Waals surface area contributed by atoms with E-state index in [9.17, 15) is 14.7 Å². The zero-order valence-corrected chi connectivity index (χ0v) is 15.8. The lowest BCUT2D eigenvalue weighted by molar-refractivity contribution is 0.0313. The summed E-state index contributed by atoms with van der Waals surface area (Å²) in [5.41, 5.74) is 2.70. The summed E-state index contributed by atoms with van der Waals surface area (Å²) in [7, 11) is 0. The van der Waals surface area contributed by atoms with Gasteiger partial charge in [-0.3, -0.25) is 4.79 Å². The van der Waals surface area contributed by atoms with Gasteiger partial charge in [-0.2, -0.15) is 0 Å². The molecule has 0 saturated carbocycles. The molecule has 0 aliphatic rings. The average Bonchev–Trinajstić information content (AvgIpc) is 2.89. The van der Waals surface area contributed by atoms with E-state index < -0.39 is 18.2 Å². The maximum atomic E-state index is 12.5. The molecule has 0 unspecified atom stereocenters. The second-order valence-corrected chi connectivity index (χ2v) is 6.21. The van der Waals surface area contributed by atoms with Crippen molar-refractivity contribution in [2.24, 2.45) is 0 Å². The number of H-pyrrole nitrogens is 1. The molecule has 26 heavy (non-hydrogen) atoms. The SMILES string of the molecule is CCOc1ccc(C(=O)[C@H](C)OC(=O)c2[nH]c(C)c([C@H](C)O)c2C)cc1. The highest BCUT2D eigenvalue weighted by molar-refractivity contribution is 6.01. The first kappa shape index (κ1) is 19.7. The number of ether oxygens (including phenoxy) is 2. The number of aromatic nitrogens is 1. The van der Waals surface area contributed by atoms with Gasteiger partial charge < -0.3 is 19.6 Å². The van der Waals surface area contributed by atoms with Crippen LogP contribution in [0.15, 0.2) is 24.3 Å². The second-order valence-electron chi connectivity index (χ2n) is 6.21. The second kappa shape index (κ2) is 8.19. The Labute approximate surface area is 153 Å². The molecular weight excluding hydrogens is 334 g/mol. The largest absolute Gasteiger partial charge is 0.494 e. The predicted octanol–water partition coefficient (Wildman–Crippen LogP) is 3.51. The number of carbonyl (C=O) groups is 2. The minimum absolute atomic E-state index is 0.254. The van der Waals surface area contributed by atoms with Crippen molar-refractivity contribution in [2.45, 2.75) is 46.8 Å². The molecular formula is C20H25NO5. The molecule has 1 aromatic carbocycles. The number of esters is 1. The van der Waals surface area contributed by atoms with E-state index in [0.717, 1.165) is 0 Å². The zero-order chi connectivity index (χ0) is 19.4. The maximum absolute atomic E-state index is 12.5. The molecule has 140 valence electrons. The third-order valence-electron chi connectivity index (χ3n) is 4.22. The first-order valence-electron chi connectivity index (χ1n) is 8.61. The summed E-state index contributed by atoms with van der Waals surface area (Å²) in [6.45, 7) is 9.12. The van der Waals surface area contributed by atoms with Crippen molar-refractivity contribution in [2.75, 3.05) is 6.61 Å². The Morgan fingerprint density at radius 3 is 2.27 bits per heavy atom. The lowest BCUT2D eigenvalue weighted by Crippen LogP contribution is -2.25. The van der Waals surface area contributed by atoms with Crippen molar-refractivity contribution < 1.29 is 24.2 Å². The Balaban J connectivity index is 2.11. The fraction of sp³-hybridized carbons (Fsp3) is 0.400. The first-order chi connectivity index (χ1) is 12.3. The first-order valence-corrected chi connectivity index (χ1v) is 8.61. The molecule has 1 aromatic heterocycles. The summed E-state index contributed by atoms with van der Waals surface area (Å²) in [6, 6.07) is 6.71. The van der Waals surface area contributed by atoms with E-state index in [2.05, 4.69) is 4.98 Å². The lowest BCUT2D eigenvalue weighted by atomic mass is 10.1. The highest BCUT2D eigenvalue weighted by Crippen LogP contribution is 2.25. The van der Waals surface area contributed by atoms with Gasteiger partial charge in [0.05, 0.1) is 12.7 Å². The fourth-order valence-electron chi connectivity index (χ4n) is 2.99. The molecule has 0 spiro atoms. The number of benzene rings is 1. The molecule has 2 rings (SSSR count). The van der Waals surface area contributed by atoms with Crippen molar-refractivity contribution in [1.82, 2.24) is 4.98 Å². The molecule has 0 aliphatic heterocycles. The molecule has 0 radical (unpaired) electrons. The van der Waals surface area contributed by atoms with Crippen molar-refractivity contribution in [3.63, 3.8) is 0 Å². The normalized spacial score (nSPS) is 13.2. The van der Waals surface area contributed by atoms with Crippen LogP contribution in [0, 0.1) is 13.8 Å². The van der Waals surface area contributed by atoms with Crippen molar-refractivity contribution in [3.05, 3.63) is 52.3 Å². The van der Waals surface area contributed by atoms with Gasteiger partial charge in [0.2, 0.25) is 5.78 Å². The Bertz CT molecular complexity index is 789. The van der Waals surface area contributed by atoms with Crippen LogP contribution < -0.4 is 4.74 Å². The molecule has 0 fully saturated rings. The molecule has 0 amide bonds. The summed E-state index contributed by atoms with van der Waals surface area (Å²) in [5.74, 6) is -0.237. The van der Waals surface area contributed by atoms with Gasteiger partial charge in [-0.15, -0.1) is 0 Å². The number of carbonyl (C=O) groups excluding carboxylic acids is 2. The molecule has 1 heterocycles. The Kier molecular flexibility index (Phi) is 6.21. The Morgan fingerprint density at radius 2 is 1.77 bits per heavy atom. The summed E-state index contributed by atoms with van der Waals surface area (Å²) in [5, 5.41) is 9.82. The third kappa shape index (κ3) is 4.14. The Hall–Kier alpha value is -2.60. The predicted molar refractivity (Wildman–Crippen MR) is 97.7 cm³/mol. The number of aliphatic hydroxyl groups excluding tert-OH is 1. The molecule has 6 nitrogen and oxygen atoms in total. The molecule has 2 atom stereocenters. The van der Waals surface area contributed by atoms with Gasteiger partial charge in [0.15, 0.2) is 6.10 Å². The van der Waals surface area contributed by atoms with Crippen LogP contribution in [-0.4, -0.2) is 34.6 Å². The summed E-state index contributed by atoms with van der Waals surface area (Å²) in [6.07, 6.45) is -1.63. The summed E-state index contributed by atoms with van der Waals surface area (Å²) < 4.78 is 10.7. The van der Waals surface area contributed by atoms with E-state index in [-0.39, 0.29) is 11.5 Å². The molecule has 0 aliphatic carbocycles. The molecule has 0 bridgehead atoms. The standard InChI is InChI=1S/C20H25NO5/c1-6-25-16-9-7-15(8-10-16)19(23)14(5)26-20(24)18-11(2)17(13(4)22)12(3)21-18/h7-10,13-14,21-22H,6H2,1-5H3/t13-,14-/m0/s1. The van der Waals surface area contributed by atoms with Crippen molar-refractivity contribution >= 4 is 11.8 Å². The van der Waals surface area contributed by atoms with E-state index in [4.69, 9.17) is 9.47 Å². The van der Waals surface area contributed by atoms with Gasteiger partial charge >= 0.3 is 5.97 Å². The van der Waals surface area contributed by atoms with Crippen LogP contribution in [0.2, 0.25) is 0 Å². The maximum Gasteiger partial charge on any atom is 0.355 e. The molecule has 2 aromatic rings.